The van der Waals surface area contributed by atoms with Crippen LogP contribution in [0.25, 0.3) is 28.1 Å². The lowest BCUT2D eigenvalue weighted by Crippen LogP contribution is -2.17. The summed E-state index contributed by atoms with van der Waals surface area (Å²) in [5.41, 5.74) is 5.79. The molecule has 0 aliphatic rings. The van der Waals surface area contributed by atoms with Gasteiger partial charge in [0.1, 0.15) is 5.82 Å². The fraction of sp³-hybridized carbons (Fsp3) is 0.0667. The lowest BCUT2D eigenvalue weighted by atomic mass is 10.0. The van der Waals surface area contributed by atoms with Crippen molar-refractivity contribution in [1.29, 1.82) is 0 Å². The minimum absolute atomic E-state index is 0.290. The number of aryl methyl sites for hydroxylation is 1. The number of benzene rings is 4. The van der Waals surface area contributed by atoms with E-state index in [0.717, 1.165) is 45.0 Å². The van der Waals surface area contributed by atoms with Crippen LogP contribution in [0.4, 0.5) is 15.8 Å². The Morgan fingerprint density at radius 1 is 0.944 bits per heavy atom. The van der Waals surface area contributed by atoms with Gasteiger partial charge in [0, 0.05) is 35.4 Å². The molecule has 36 heavy (non-hydrogen) atoms. The monoisotopic (exact) mass is 477 g/mol. The Bertz CT molecular complexity index is 1570. The quantitative estimate of drug-likeness (QED) is 0.262. The number of carbonyl (C=O) groups is 1. The van der Waals surface area contributed by atoms with E-state index in [1.165, 1.54) is 0 Å². The summed E-state index contributed by atoms with van der Waals surface area (Å²) < 4.78 is 17.2. The third kappa shape index (κ3) is 4.88. The first-order chi connectivity index (χ1) is 17.5. The smallest absolute Gasteiger partial charge is 0.328 e. The minimum atomic E-state index is -1.01. The highest BCUT2D eigenvalue weighted by atomic mass is 19.1. The van der Waals surface area contributed by atoms with E-state index in [-0.39, 0.29) is 5.82 Å². The number of nitrogens with zero attached hydrogens (tertiary/aromatic N) is 3. The molecule has 1 N–H and O–H groups in total. The van der Waals surface area contributed by atoms with Gasteiger partial charge in [-0.2, -0.15) is 5.10 Å². The fourth-order valence-corrected chi connectivity index (χ4v) is 4.27. The molecule has 178 valence electrons. The number of aromatic nitrogens is 2. The van der Waals surface area contributed by atoms with E-state index in [4.69, 9.17) is 5.11 Å². The van der Waals surface area contributed by atoms with Crippen molar-refractivity contribution in [2.75, 3.05) is 4.90 Å². The van der Waals surface area contributed by atoms with Crippen molar-refractivity contribution in [2.45, 2.75) is 6.54 Å². The largest absolute Gasteiger partial charge is 0.478 e. The minimum Gasteiger partial charge on any atom is -0.478 e. The number of fused-ring (bicyclic) bond motifs is 1. The van der Waals surface area contributed by atoms with E-state index in [2.05, 4.69) is 5.10 Å². The van der Waals surface area contributed by atoms with E-state index in [1.54, 1.807) is 18.3 Å². The van der Waals surface area contributed by atoms with Crippen molar-refractivity contribution in [1.82, 2.24) is 9.78 Å². The Morgan fingerprint density at radius 2 is 1.69 bits per heavy atom. The summed E-state index contributed by atoms with van der Waals surface area (Å²) in [6.07, 6.45) is 4.46. The van der Waals surface area contributed by atoms with Crippen LogP contribution in [0.1, 0.15) is 11.1 Å². The van der Waals surface area contributed by atoms with Crippen molar-refractivity contribution in [3.63, 3.8) is 0 Å². The van der Waals surface area contributed by atoms with Gasteiger partial charge < -0.3 is 10.0 Å². The highest BCUT2D eigenvalue weighted by Gasteiger charge is 2.14. The van der Waals surface area contributed by atoms with Crippen LogP contribution in [0.3, 0.4) is 0 Å². The van der Waals surface area contributed by atoms with Crippen LogP contribution in [0.5, 0.6) is 0 Å². The molecule has 1 aromatic heterocycles. The SMILES string of the molecule is Cn1ncc2cc(-c3ccc(CN(c4ccccc4)c4cccc(/C=C/C(=O)O)c4)c(F)c3)ccc21. The van der Waals surface area contributed by atoms with E-state index < -0.39 is 5.97 Å². The first kappa shape index (κ1) is 23.1. The molecule has 0 unspecified atom stereocenters. The van der Waals surface area contributed by atoms with Crippen LogP contribution in [-0.2, 0) is 18.4 Å². The topological polar surface area (TPSA) is 58.4 Å². The van der Waals surface area contributed by atoms with Crippen molar-refractivity contribution in [2.24, 2.45) is 7.05 Å². The van der Waals surface area contributed by atoms with E-state index in [9.17, 15) is 4.79 Å². The number of aliphatic carboxylic acids is 1. The van der Waals surface area contributed by atoms with Crippen LogP contribution < -0.4 is 4.90 Å². The average molecular weight is 478 g/mol. The molecule has 0 saturated carbocycles. The second-order valence-electron chi connectivity index (χ2n) is 8.54. The highest BCUT2D eigenvalue weighted by Crippen LogP contribution is 2.31. The van der Waals surface area contributed by atoms with Crippen molar-refractivity contribution in [3.8, 4) is 11.1 Å². The lowest BCUT2D eigenvalue weighted by Gasteiger charge is -2.26. The molecule has 5 rings (SSSR count). The van der Waals surface area contributed by atoms with Crippen LogP contribution >= 0.6 is 0 Å². The van der Waals surface area contributed by atoms with E-state index in [1.807, 2.05) is 102 Å². The van der Waals surface area contributed by atoms with Crippen LogP contribution in [0.15, 0.2) is 103 Å². The molecular weight excluding hydrogens is 453 g/mol. The summed E-state index contributed by atoms with van der Waals surface area (Å²) >= 11 is 0. The molecule has 0 amide bonds. The maximum Gasteiger partial charge on any atom is 0.328 e. The molecule has 4 aromatic carbocycles. The summed E-state index contributed by atoms with van der Waals surface area (Å²) in [5, 5.41) is 14.3. The predicted octanol–water partition coefficient (Wildman–Crippen LogP) is 6.82. The van der Waals surface area contributed by atoms with Gasteiger partial charge in [0.2, 0.25) is 0 Å². The Kier molecular flexibility index (Phi) is 6.33. The van der Waals surface area contributed by atoms with Gasteiger partial charge in [0.15, 0.2) is 0 Å². The van der Waals surface area contributed by atoms with Crippen LogP contribution in [0.2, 0.25) is 0 Å². The molecule has 0 atom stereocenters. The number of carboxylic acid groups (broad SMARTS) is 1. The standard InChI is InChI=1S/C30H24FN3O2/c1-33-29-14-13-22(17-25(29)19-32-33)23-11-12-24(28(31)18-23)20-34(26-7-3-2-4-8-26)27-9-5-6-21(16-27)10-15-30(35)36/h2-19H,20H2,1H3,(H,35,36)/b15-10+. The fourth-order valence-electron chi connectivity index (χ4n) is 4.27. The molecule has 5 aromatic rings. The van der Waals surface area contributed by atoms with Crippen molar-refractivity contribution in [3.05, 3.63) is 120 Å². The third-order valence-corrected chi connectivity index (χ3v) is 6.13. The number of carboxylic acids is 1. The molecular formula is C30H24FN3O2. The molecule has 0 fully saturated rings. The van der Waals surface area contributed by atoms with Gasteiger partial charge >= 0.3 is 5.97 Å². The van der Waals surface area contributed by atoms with Gasteiger partial charge in [0.05, 0.1) is 18.3 Å². The van der Waals surface area contributed by atoms with Crippen molar-refractivity contribution >= 4 is 34.3 Å². The second kappa shape index (κ2) is 9.88. The zero-order valence-electron chi connectivity index (χ0n) is 19.7. The molecule has 0 aliphatic carbocycles. The summed E-state index contributed by atoms with van der Waals surface area (Å²) in [7, 11) is 1.90. The molecule has 0 radical (unpaired) electrons. The zero-order valence-corrected chi connectivity index (χ0v) is 19.7. The summed E-state index contributed by atoms with van der Waals surface area (Å²) in [4.78, 5) is 13.0. The molecule has 0 saturated heterocycles. The Morgan fingerprint density at radius 3 is 2.47 bits per heavy atom. The second-order valence-corrected chi connectivity index (χ2v) is 8.54. The van der Waals surface area contributed by atoms with Gasteiger partial charge in [-0.3, -0.25) is 4.68 Å². The number of hydrogen-bond acceptors (Lipinski definition) is 3. The first-order valence-electron chi connectivity index (χ1n) is 11.5. The van der Waals surface area contributed by atoms with E-state index in [0.29, 0.717) is 12.1 Å². The zero-order chi connectivity index (χ0) is 25.1. The summed E-state index contributed by atoms with van der Waals surface area (Å²) in [6.45, 7) is 0.309. The maximum atomic E-state index is 15.4. The summed E-state index contributed by atoms with van der Waals surface area (Å²) in [6, 6.07) is 28.6. The van der Waals surface area contributed by atoms with Gasteiger partial charge in [-0.1, -0.05) is 48.5 Å². The Labute approximate surface area is 208 Å². The Balaban J connectivity index is 1.48. The number of rotatable bonds is 7. The molecule has 0 spiro atoms. The third-order valence-electron chi connectivity index (χ3n) is 6.13. The predicted molar refractivity (Wildman–Crippen MR) is 142 cm³/mol. The highest BCUT2D eigenvalue weighted by molar-refractivity contribution is 5.86. The molecule has 1 heterocycles. The van der Waals surface area contributed by atoms with Gasteiger partial charge in [-0.15, -0.1) is 0 Å². The number of hydrogen-bond donors (Lipinski definition) is 1. The Hall–Kier alpha value is -4.71. The number of halogens is 1. The van der Waals surface area contributed by atoms with Crippen LogP contribution in [-0.4, -0.2) is 20.9 Å². The van der Waals surface area contributed by atoms with Gasteiger partial charge in [-0.05, 0) is 65.2 Å². The van der Waals surface area contributed by atoms with Gasteiger partial charge in [-0.25, -0.2) is 9.18 Å². The maximum absolute atomic E-state index is 15.4. The number of anilines is 2. The average Bonchev–Trinajstić information content (AvgIpc) is 3.27. The number of para-hydroxylation sites is 1. The molecule has 6 heteroatoms. The van der Waals surface area contributed by atoms with Crippen molar-refractivity contribution < 1.29 is 14.3 Å². The lowest BCUT2D eigenvalue weighted by molar-refractivity contribution is -0.131. The molecule has 5 nitrogen and oxygen atoms in total. The normalized spacial score (nSPS) is 11.3. The summed E-state index contributed by atoms with van der Waals surface area (Å²) in [5.74, 6) is -1.30. The van der Waals surface area contributed by atoms with E-state index >= 15 is 4.39 Å². The van der Waals surface area contributed by atoms with Gasteiger partial charge in [0.25, 0.3) is 0 Å². The van der Waals surface area contributed by atoms with Crippen LogP contribution in [0, 0.1) is 5.82 Å². The molecule has 0 aliphatic heterocycles. The first-order valence-corrected chi connectivity index (χ1v) is 11.5. The molecule has 0 bridgehead atoms.